The maximum absolute atomic E-state index is 9.80. The van der Waals surface area contributed by atoms with E-state index in [4.69, 9.17) is 5.11 Å². The van der Waals surface area contributed by atoms with Gasteiger partial charge in [0.1, 0.15) is 0 Å². The van der Waals surface area contributed by atoms with Crippen molar-refractivity contribution in [3.8, 4) is 0 Å². The quantitative estimate of drug-likeness (QED) is 0.417. The van der Waals surface area contributed by atoms with E-state index in [1.807, 2.05) is 0 Å². The second-order valence-corrected chi connectivity index (χ2v) is 0.446. The predicted octanol–water partition coefficient (Wildman–Crippen LogP) is 0.937. The van der Waals surface area contributed by atoms with Crippen molar-refractivity contribution < 1.29 is 18.3 Å². The molecular formula is CF3O. The highest BCUT2D eigenvalue weighted by Gasteiger charge is 2.24. The van der Waals surface area contributed by atoms with E-state index in [9.17, 15) is 13.2 Å². The van der Waals surface area contributed by atoms with Gasteiger partial charge in [-0.3, -0.25) is 0 Å². The van der Waals surface area contributed by atoms with Crippen molar-refractivity contribution >= 4 is 0 Å². The Hall–Kier alpha value is -0.250. The van der Waals surface area contributed by atoms with Gasteiger partial charge >= 0.3 is 6.36 Å². The van der Waals surface area contributed by atoms with Gasteiger partial charge in [0.15, 0.2) is 0 Å². The van der Waals surface area contributed by atoms with Crippen molar-refractivity contribution in [2.75, 3.05) is 0 Å². The van der Waals surface area contributed by atoms with E-state index in [1.165, 1.54) is 0 Å². The van der Waals surface area contributed by atoms with Crippen molar-refractivity contribution in [3.63, 3.8) is 0 Å². The SMILES string of the molecule is [O]C(F)(F)F. The van der Waals surface area contributed by atoms with Gasteiger partial charge in [-0.05, 0) is 0 Å². The second-order valence-electron chi connectivity index (χ2n) is 0.446. The van der Waals surface area contributed by atoms with Gasteiger partial charge in [-0.2, -0.15) is 0 Å². The number of rotatable bonds is 0. The third-order valence-corrected chi connectivity index (χ3v) is 0. The molecule has 4 heteroatoms. The summed E-state index contributed by atoms with van der Waals surface area (Å²) >= 11 is 0. The Labute approximate surface area is 26.0 Å². The molecule has 1 nitrogen and oxygen atoms in total. The fourth-order valence-electron chi connectivity index (χ4n) is 0. The van der Waals surface area contributed by atoms with E-state index in [0.29, 0.717) is 0 Å². The van der Waals surface area contributed by atoms with Crippen LogP contribution in [0.2, 0.25) is 0 Å². The summed E-state index contributed by atoms with van der Waals surface area (Å²) in [5, 5.41) is 8.10. The smallest absolute Gasteiger partial charge is 0.142 e. The molecule has 0 aliphatic rings. The highest BCUT2D eigenvalue weighted by Crippen LogP contribution is 2.07. The lowest BCUT2D eigenvalue weighted by molar-refractivity contribution is -0.331. The van der Waals surface area contributed by atoms with Gasteiger partial charge in [-0.25, -0.2) is 0 Å². The monoisotopic (exact) mass is 85.0 g/mol. The summed E-state index contributed by atoms with van der Waals surface area (Å²) < 4.78 is 29.4. The molecule has 0 aromatic carbocycles. The van der Waals surface area contributed by atoms with Crippen molar-refractivity contribution in [2.24, 2.45) is 0 Å². The molecule has 1 radical (unpaired) electrons. The molecule has 0 rings (SSSR count). The number of halogens is 3. The van der Waals surface area contributed by atoms with Crippen LogP contribution in [-0.2, 0) is 5.11 Å². The molecule has 0 aliphatic carbocycles. The average Bonchev–Trinajstić information content (AvgIpc) is 0.722. The highest BCUT2D eigenvalue weighted by molar-refractivity contribution is 4.05. The Bertz CT molecular complexity index is 22.4. The van der Waals surface area contributed by atoms with Gasteiger partial charge in [-0.15, -0.1) is 18.3 Å². The van der Waals surface area contributed by atoms with Crippen LogP contribution in [0, 0.1) is 0 Å². The van der Waals surface area contributed by atoms with Gasteiger partial charge < -0.3 is 0 Å². The Morgan fingerprint density at radius 2 is 1.20 bits per heavy atom. The summed E-state index contributed by atoms with van der Waals surface area (Å²) in [4.78, 5) is 0. The number of hydrogen-bond acceptors (Lipinski definition) is 0. The summed E-state index contributed by atoms with van der Waals surface area (Å²) in [6.45, 7) is 0. The maximum atomic E-state index is 9.80. The molecule has 0 bridgehead atoms. The summed E-state index contributed by atoms with van der Waals surface area (Å²) in [6, 6.07) is 0. The molecule has 0 aromatic rings. The molecule has 0 spiro atoms. The maximum Gasteiger partial charge on any atom is 0.549 e. The molecule has 0 fully saturated rings. The van der Waals surface area contributed by atoms with Crippen molar-refractivity contribution in [1.29, 1.82) is 0 Å². The Morgan fingerprint density at radius 1 is 1.20 bits per heavy atom. The molecular weight excluding hydrogens is 85.0 g/mol. The van der Waals surface area contributed by atoms with Crippen LogP contribution in [-0.4, -0.2) is 6.36 Å². The highest BCUT2D eigenvalue weighted by atomic mass is 19.4. The van der Waals surface area contributed by atoms with Gasteiger partial charge in [0.25, 0.3) is 0 Å². The predicted molar refractivity (Wildman–Crippen MR) is 6.74 cm³/mol. The van der Waals surface area contributed by atoms with Crippen LogP contribution in [0.4, 0.5) is 13.2 Å². The Kier molecular flexibility index (Phi) is 0.815. The first-order chi connectivity index (χ1) is 2.00. The molecule has 0 aliphatic heterocycles. The summed E-state index contributed by atoms with van der Waals surface area (Å²) in [7, 11) is 0. The third kappa shape index (κ3) is 184. The van der Waals surface area contributed by atoms with Gasteiger partial charge in [0.2, 0.25) is 0 Å². The molecule has 31 valence electrons. The van der Waals surface area contributed by atoms with Gasteiger partial charge in [0, 0.05) is 0 Å². The largest absolute Gasteiger partial charge is 0.549 e. The lowest BCUT2D eigenvalue weighted by Gasteiger charge is -1.82. The van der Waals surface area contributed by atoms with E-state index in [0.717, 1.165) is 0 Å². The zero-order chi connectivity index (χ0) is 4.50. The van der Waals surface area contributed by atoms with Crippen LogP contribution in [0.5, 0.6) is 0 Å². The minimum absolute atomic E-state index is 5.25. The van der Waals surface area contributed by atoms with Gasteiger partial charge in [-0.1, -0.05) is 0 Å². The first-order valence-electron chi connectivity index (χ1n) is 0.771. The lowest BCUT2D eigenvalue weighted by atomic mass is 11.4. The zero-order valence-electron chi connectivity index (χ0n) is 2.04. The molecule has 0 aromatic heterocycles. The molecule has 0 N–H and O–H groups in total. The molecule has 0 unspecified atom stereocenters. The van der Waals surface area contributed by atoms with Crippen LogP contribution in [0.1, 0.15) is 0 Å². The van der Waals surface area contributed by atoms with E-state index < -0.39 is 6.36 Å². The Balaban J connectivity index is 3.02. The van der Waals surface area contributed by atoms with Crippen LogP contribution in [0.25, 0.3) is 0 Å². The van der Waals surface area contributed by atoms with Crippen LogP contribution in [0.3, 0.4) is 0 Å². The molecule has 0 heterocycles. The topological polar surface area (TPSA) is 19.9 Å². The van der Waals surface area contributed by atoms with E-state index in [2.05, 4.69) is 0 Å². The van der Waals surface area contributed by atoms with Crippen LogP contribution < -0.4 is 0 Å². The average molecular weight is 85.0 g/mol. The van der Waals surface area contributed by atoms with E-state index in [1.54, 1.807) is 0 Å². The van der Waals surface area contributed by atoms with Crippen molar-refractivity contribution in [3.05, 3.63) is 0 Å². The van der Waals surface area contributed by atoms with Gasteiger partial charge in [0.05, 0.1) is 0 Å². The summed E-state index contributed by atoms with van der Waals surface area (Å²) in [6.07, 6.45) is -5.25. The summed E-state index contributed by atoms with van der Waals surface area (Å²) in [5.74, 6) is 0. The van der Waals surface area contributed by atoms with Crippen molar-refractivity contribution in [2.45, 2.75) is 6.36 Å². The Morgan fingerprint density at radius 3 is 1.20 bits per heavy atom. The standard InChI is InChI=1S/CF3O/c2-1(3,4)5. The van der Waals surface area contributed by atoms with E-state index >= 15 is 0 Å². The van der Waals surface area contributed by atoms with E-state index in [-0.39, 0.29) is 0 Å². The van der Waals surface area contributed by atoms with Crippen LogP contribution in [0.15, 0.2) is 0 Å². The fourth-order valence-corrected chi connectivity index (χ4v) is 0. The van der Waals surface area contributed by atoms with Crippen LogP contribution >= 0.6 is 0 Å². The number of hydrogen-bond donors (Lipinski definition) is 0. The van der Waals surface area contributed by atoms with Crippen molar-refractivity contribution in [1.82, 2.24) is 0 Å². The molecule has 0 saturated heterocycles. The molecule has 0 atom stereocenters. The second kappa shape index (κ2) is 0.858. The first-order valence-corrected chi connectivity index (χ1v) is 0.771. The summed E-state index contributed by atoms with van der Waals surface area (Å²) in [5.41, 5.74) is 0. The number of alkyl halides is 3. The molecule has 0 saturated carbocycles. The minimum Gasteiger partial charge on any atom is -0.142 e. The minimum atomic E-state index is -5.25. The first kappa shape index (κ1) is 4.75. The molecule has 0 amide bonds. The normalized spacial score (nSPS) is 12.0. The fraction of sp³-hybridized carbons (Fsp3) is 1.00. The zero-order valence-corrected chi connectivity index (χ0v) is 2.04. The molecule has 5 heavy (non-hydrogen) atoms. The lowest BCUT2D eigenvalue weighted by Crippen LogP contribution is -1.99. The third-order valence-electron chi connectivity index (χ3n) is 0.